The average Bonchev–Trinajstić information content (AvgIpc) is 2.42. The Balaban J connectivity index is 2.37. The van der Waals surface area contributed by atoms with Gasteiger partial charge in [0.25, 0.3) is 0 Å². The summed E-state index contributed by atoms with van der Waals surface area (Å²) in [6.45, 7) is 1.74. The van der Waals surface area contributed by atoms with Gasteiger partial charge in [0, 0.05) is 22.0 Å². The summed E-state index contributed by atoms with van der Waals surface area (Å²) in [4.78, 5) is 0. The highest BCUT2D eigenvalue weighted by Crippen LogP contribution is 2.34. The average molecular weight is 311 g/mol. The lowest BCUT2D eigenvalue weighted by Crippen LogP contribution is -2.25. The Hall–Kier alpha value is -1.22. The molecule has 0 saturated heterocycles. The normalized spacial score (nSPS) is 13.8. The Labute approximate surface area is 128 Å². The van der Waals surface area contributed by atoms with Gasteiger partial charge in [0.15, 0.2) is 0 Å². The molecule has 0 bridgehead atoms. The molecular weight excluding hydrogens is 295 g/mol. The maximum atomic E-state index is 10.8. The molecular formula is C16H16Cl2O2. The first kappa shape index (κ1) is 15.2. The van der Waals surface area contributed by atoms with Gasteiger partial charge in [0.05, 0.1) is 12.7 Å². The van der Waals surface area contributed by atoms with Crippen molar-refractivity contribution in [3.63, 3.8) is 0 Å². The zero-order chi connectivity index (χ0) is 14.8. The number of halogens is 2. The van der Waals surface area contributed by atoms with E-state index in [9.17, 15) is 5.11 Å². The maximum absolute atomic E-state index is 10.8. The fourth-order valence-corrected chi connectivity index (χ4v) is 2.61. The molecule has 0 radical (unpaired) electrons. The standard InChI is InChI=1S/C16H16Cl2O2/c1-16(19,13-5-3-4-6-15(13)20-2)10-11-9-12(17)7-8-14(11)18/h3-9,19H,10H2,1-2H3. The van der Waals surface area contributed by atoms with Gasteiger partial charge in [-0.25, -0.2) is 0 Å². The molecule has 4 heteroatoms. The number of aliphatic hydroxyl groups is 1. The first-order valence-corrected chi connectivity index (χ1v) is 6.99. The van der Waals surface area contributed by atoms with Crippen LogP contribution in [0.5, 0.6) is 5.75 Å². The van der Waals surface area contributed by atoms with Crippen molar-refractivity contribution in [3.05, 3.63) is 63.6 Å². The Bertz CT molecular complexity index is 609. The molecule has 0 amide bonds. The zero-order valence-corrected chi connectivity index (χ0v) is 12.9. The zero-order valence-electron chi connectivity index (χ0n) is 11.4. The molecule has 1 atom stereocenters. The van der Waals surface area contributed by atoms with E-state index in [-0.39, 0.29) is 0 Å². The van der Waals surface area contributed by atoms with Crippen molar-refractivity contribution in [2.24, 2.45) is 0 Å². The van der Waals surface area contributed by atoms with Crippen LogP contribution in [0.4, 0.5) is 0 Å². The molecule has 0 aliphatic rings. The van der Waals surface area contributed by atoms with Gasteiger partial charge in [-0.3, -0.25) is 0 Å². The fourth-order valence-electron chi connectivity index (χ4n) is 2.23. The first-order valence-electron chi connectivity index (χ1n) is 6.24. The molecule has 1 N–H and O–H groups in total. The van der Waals surface area contributed by atoms with Crippen LogP contribution in [0.3, 0.4) is 0 Å². The second-order valence-electron chi connectivity index (χ2n) is 4.89. The third-order valence-electron chi connectivity index (χ3n) is 3.23. The Morgan fingerprint density at radius 3 is 2.55 bits per heavy atom. The van der Waals surface area contributed by atoms with Crippen molar-refractivity contribution in [1.29, 1.82) is 0 Å². The Kier molecular flexibility index (Phi) is 4.59. The van der Waals surface area contributed by atoms with Gasteiger partial charge in [-0.05, 0) is 36.8 Å². The molecule has 0 spiro atoms. The van der Waals surface area contributed by atoms with E-state index in [1.165, 1.54) is 0 Å². The van der Waals surface area contributed by atoms with E-state index in [0.29, 0.717) is 22.2 Å². The highest BCUT2D eigenvalue weighted by molar-refractivity contribution is 6.33. The number of hydrogen-bond donors (Lipinski definition) is 1. The third kappa shape index (κ3) is 3.26. The highest BCUT2D eigenvalue weighted by atomic mass is 35.5. The van der Waals surface area contributed by atoms with Crippen LogP contribution in [0.25, 0.3) is 0 Å². The lowest BCUT2D eigenvalue weighted by molar-refractivity contribution is 0.0550. The molecule has 0 aliphatic carbocycles. The van der Waals surface area contributed by atoms with Crippen molar-refractivity contribution in [2.45, 2.75) is 18.9 Å². The lowest BCUT2D eigenvalue weighted by atomic mass is 9.88. The number of rotatable bonds is 4. The molecule has 0 heterocycles. The largest absolute Gasteiger partial charge is 0.496 e. The number of ether oxygens (including phenoxy) is 1. The number of hydrogen-bond acceptors (Lipinski definition) is 2. The molecule has 1 unspecified atom stereocenters. The smallest absolute Gasteiger partial charge is 0.124 e. The van der Waals surface area contributed by atoms with E-state index in [1.54, 1.807) is 32.2 Å². The van der Waals surface area contributed by atoms with E-state index in [4.69, 9.17) is 27.9 Å². The van der Waals surface area contributed by atoms with Crippen molar-refractivity contribution in [3.8, 4) is 5.75 Å². The summed E-state index contributed by atoms with van der Waals surface area (Å²) < 4.78 is 5.30. The molecule has 2 nitrogen and oxygen atoms in total. The summed E-state index contributed by atoms with van der Waals surface area (Å²) in [5.74, 6) is 0.649. The van der Waals surface area contributed by atoms with E-state index in [1.807, 2.05) is 24.3 Å². The van der Waals surface area contributed by atoms with Crippen molar-refractivity contribution >= 4 is 23.2 Å². The molecule has 20 heavy (non-hydrogen) atoms. The van der Waals surface area contributed by atoms with Gasteiger partial charge in [-0.1, -0.05) is 41.4 Å². The van der Waals surface area contributed by atoms with Gasteiger partial charge in [-0.15, -0.1) is 0 Å². The van der Waals surface area contributed by atoms with Gasteiger partial charge in [0.2, 0.25) is 0 Å². The molecule has 0 fully saturated rings. The van der Waals surface area contributed by atoms with Crippen molar-refractivity contribution in [2.75, 3.05) is 7.11 Å². The molecule has 2 aromatic rings. The lowest BCUT2D eigenvalue weighted by Gasteiger charge is -2.26. The van der Waals surface area contributed by atoms with E-state index in [0.717, 1.165) is 11.1 Å². The maximum Gasteiger partial charge on any atom is 0.124 e. The van der Waals surface area contributed by atoms with Crippen LogP contribution in [0, 0.1) is 0 Å². The molecule has 0 saturated carbocycles. The highest BCUT2D eigenvalue weighted by Gasteiger charge is 2.27. The predicted molar refractivity (Wildman–Crippen MR) is 82.7 cm³/mol. The summed E-state index contributed by atoms with van der Waals surface area (Å²) >= 11 is 12.1. The topological polar surface area (TPSA) is 29.5 Å². The molecule has 2 rings (SSSR count). The summed E-state index contributed by atoms with van der Waals surface area (Å²) in [6.07, 6.45) is 0.354. The van der Waals surface area contributed by atoms with Crippen LogP contribution < -0.4 is 4.74 Å². The summed E-state index contributed by atoms with van der Waals surface area (Å²) in [7, 11) is 1.58. The van der Waals surface area contributed by atoms with Crippen LogP contribution in [0.1, 0.15) is 18.1 Å². The minimum absolute atomic E-state index is 0.354. The van der Waals surface area contributed by atoms with Crippen LogP contribution in [0.15, 0.2) is 42.5 Å². The van der Waals surface area contributed by atoms with Gasteiger partial charge in [0.1, 0.15) is 5.75 Å². The van der Waals surface area contributed by atoms with Crippen LogP contribution >= 0.6 is 23.2 Å². The minimum Gasteiger partial charge on any atom is -0.496 e. The van der Waals surface area contributed by atoms with Crippen molar-refractivity contribution in [1.82, 2.24) is 0 Å². The number of methoxy groups -OCH3 is 1. The second-order valence-corrected chi connectivity index (χ2v) is 5.73. The number of benzene rings is 2. The van der Waals surface area contributed by atoms with E-state index < -0.39 is 5.60 Å². The van der Waals surface area contributed by atoms with Gasteiger partial charge >= 0.3 is 0 Å². The molecule has 106 valence electrons. The number of para-hydroxylation sites is 1. The van der Waals surface area contributed by atoms with Crippen LogP contribution in [-0.2, 0) is 12.0 Å². The summed E-state index contributed by atoms with van der Waals surface area (Å²) in [5, 5.41) is 12.0. The Morgan fingerprint density at radius 1 is 1.15 bits per heavy atom. The summed E-state index contributed by atoms with van der Waals surface area (Å²) in [6, 6.07) is 12.6. The van der Waals surface area contributed by atoms with Crippen LogP contribution in [0.2, 0.25) is 10.0 Å². The molecule has 0 aliphatic heterocycles. The SMILES string of the molecule is COc1ccccc1C(C)(O)Cc1cc(Cl)ccc1Cl. The quantitative estimate of drug-likeness (QED) is 0.904. The first-order chi connectivity index (χ1) is 9.44. The van der Waals surface area contributed by atoms with Gasteiger partial charge in [-0.2, -0.15) is 0 Å². The monoisotopic (exact) mass is 310 g/mol. The third-order valence-corrected chi connectivity index (χ3v) is 3.83. The predicted octanol–water partition coefficient (Wildman–Crippen LogP) is 4.45. The Morgan fingerprint density at radius 2 is 1.85 bits per heavy atom. The van der Waals surface area contributed by atoms with Crippen LogP contribution in [-0.4, -0.2) is 12.2 Å². The van der Waals surface area contributed by atoms with E-state index in [2.05, 4.69) is 0 Å². The van der Waals surface area contributed by atoms with Gasteiger partial charge < -0.3 is 9.84 Å². The molecule has 2 aromatic carbocycles. The van der Waals surface area contributed by atoms with Crippen molar-refractivity contribution < 1.29 is 9.84 Å². The molecule has 0 aromatic heterocycles. The second kappa shape index (κ2) is 6.04. The fraction of sp³-hybridized carbons (Fsp3) is 0.250. The summed E-state index contributed by atoms with van der Waals surface area (Å²) in [5.41, 5.74) is 0.426. The van der Waals surface area contributed by atoms with E-state index >= 15 is 0 Å². The minimum atomic E-state index is -1.10.